The molecule has 2 aromatic rings. The number of β-amino-alcohol motifs (C(OH)–C–C–N with tert-alkyl or cyclic N) is 1. The van der Waals surface area contributed by atoms with Crippen LogP contribution in [0, 0.1) is 33.8 Å². The van der Waals surface area contributed by atoms with E-state index in [2.05, 4.69) is 46.8 Å². The van der Waals surface area contributed by atoms with Crippen LogP contribution in [0.1, 0.15) is 33.1 Å². The van der Waals surface area contributed by atoms with Gasteiger partial charge in [-0.05, 0) is 49.1 Å². The van der Waals surface area contributed by atoms with Gasteiger partial charge in [0.25, 0.3) is 5.69 Å². The van der Waals surface area contributed by atoms with Gasteiger partial charge in [0.2, 0.25) is 11.8 Å². The number of rotatable bonds is 9. The van der Waals surface area contributed by atoms with Crippen molar-refractivity contribution in [3.05, 3.63) is 51.9 Å². The first-order valence-electron chi connectivity index (χ1n) is 12.6. The summed E-state index contributed by atoms with van der Waals surface area (Å²) in [7, 11) is 0. The number of nitro groups is 1. The van der Waals surface area contributed by atoms with Crippen LogP contribution in [-0.2, 0) is 6.42 Å². The molecule has 1 saturated heterocycles. The molecule has 2 heterocycles. The number of piperazine rings is 1. The van der Waals surface area contributed by atoms with Crippen molar-refractivity contribution in [3.63, 3.8) is 0 Å². The van der Waals surface area contributed by atoms with Crippen LogP contribution in [0.4, 0.5) is 5.69 Å². The standard InChI is InChI=1S/C26H37N5O4/c1-18(2)24-15-21(19(3)14-22(24)17-30-10-8-29(9-11-30)12-13-32)16-25-27-28-26(35-25)20-4-6-23(7-5-20)31(33)34/h4-7,14,18,21-22,24,32H,8-13,15-17H2,1-3H3/t21-,22-,24-/m0/s1. The minimum Gasteiger partial charge on any atom is -0.421 e. The third kappa shape index (κ3) is 6.34. The maximum atomic E-state index is 10.9. The summed E-state index contributed by atoms with van der Waals surface area (Å²) >= 11 is 0. The highest BCUT2D eigenvalue weighted by Gasteiger charge is 2.34. The number of allylic oxidation sites excluding steroid dienone is 1. The Morgan fingerprint density at radius 2 is 1.83 bits per heavy atom. The molecule has 1 N–H and O–H groups in total. The van der Waals surface area contributed by atoms with E-state index in [1.54, 1.807) is 12.1 Å². The first-order chi connectivity index (χ1) is 16.8. The molecular formula is C26H37N5O4. The van der Waals surface area contributed by atoms with Gasteiger partial charge in [-0.1, -0.05) is 25.5 Å². The Hall–Kier alpha value is -2.62. The lowest BCUT2D eigenvalue weighted by Crippen LogP contribution is -2.49. The zero-order chi connectivity index (χ0) is 24.9. The molecule has 1 aliphatic heterocycles. The predicted octanol–water partition coefficient (Wildman–Crippen LogP) is 3.65. The highest BCUT2D eigenvalue weighted by atomic mass is 16.6. The fraction of sp³-hybridized carbons (Fsp3) is 0.615. The Kier molecular flexibility index (Phi) is 8.30. The van der Waals surface area contributed by atoms with E-state index in [9.17, 15) is 15.2 Å². The average molecular weight is 484 g/mol. The minimum absolute atomic E-state index is 0.0396. The molecule has 1 aliphatic carbocycles. The molecule has 9 nitrogen and oxygen atoms in total. The first kappa shape index (κ1) is 25.5. The lowest BCUT2D eigenvalue weighted by Gasteiger charge is -2.41. The SMILES string of the molecule is CC1=C[C@@H](CN2CCN(CCO)CC2)[C@H](C(C)C)C[C@H]1Cc1nnc(-c2ccc([N+](=O)[O-])cc2)o1. The summed E-state index contributed by atoms with van der Waals surface area (Å²) in [6.45, 7) is 13.1. The summed E-state index contributed by atoms with van der Waals surface area (Å²) in [5.41, 5.74) is 2.11. The molecule has 1 aromatic carbocycles. The van der Waals surface area contributed by atoms with Crippen molar-refractivity contribution >= 4 is 5.69 Å². The fourth-order valence-electron chi connectivity index (χ4n) is 5.51. The molecule has 35 heavy (non-hydrogen) atoms. The first-order valence-corrected chi connectivity index (χ1v) is 12.6. The van der Waals surface area contributed by atoms with Gasteiger partial charge in [0.05, 0.1) is 11.5 Å². The topological polar surface area (TPSA) is 109 Å². The molecule has 9 heteroatoms. The van der Waals surface area contributed by atoms with Crippen LogP contribution < -0.4 is 0 Å². The maximum Gasteiger partial charge on any atom is 0.269 e. The van der Waals surface area contributed by atoms with Gasteiger partial charge < -0.3 is 14.4 Å². The zero-order valence-electron chi connectivity index (χ0n) is 21.0. The van der Waals surface area contributed by atoms with Gasteiger partial charge in [-0.2, -0.15) is 0 Å². The second-order valence-electron chi connectivity index (χ2n) is 10.3. The van der Waals surface area contributed by atoms with Crippen LogP contribution >= 0.6 is 0 Å². The van der Waals surface area contributed by atoms with E-state index in [0.717, 1.165) is 45.7 Å². The molecule has 1 fully saturated rings. The quantitative estimate of drug-likeness (QED) is 0.327. The van der Waals surface area contributed by atoms with Crippen molar-refractivity contribution < 1.29 is 14.4 Å². The number of non-ortho nitro benzene ring substituents is 1. The van der Waals surface area contributed by atoms with Gasteiger partial charge in [0.15, 0.2) is 0 Å². The summed E-state index contributed by atoms with van der Waals surface area (Å²) in [6, 6.07) is 6.19. The van der Waals surface area contributed by atoms with Gasteiger partial charge in [-0.3, -0.25) is 15.0 Å². The Labute approximate surface area is 207 Å². The van der Waals surface area contributed by atoms with E-state index in [-0.39, 0.29) is 12.3 Å². The van der Waals surface area contributed by atoms with Crippen molar-refractivity contribution in [1.29, 1.82) is 0 Å². The average Bonchev–Trinajstić information content (AvgIpc) is 3.30. The Morgan fingerprint density at radius 3 is 2.46 bits per heavy atom. The molecule has 3 atom stereocenters. The third-order valence-electron chi connectivity index (χ3n) is 7.65. The molecule has 0 amide bonds. The van der Waals surface area contributed by atoms with Crippen LogP contribution in [0.5, 0.6) is 0 Å². The number of benzene rings is 1. The molecule has 0 unspecified atom stereocenters. The minimum atomic E-state index is -0.420. The maximum absolute atomic E-state index is 10.9. The van der Waals surface area contributed by atoms with E-state index in [0.29, 0.717) is 47.4 Å². The lowest BCUT2D eigenvalue weighted by molar-refractivity contribution is -0.384. The molecule has 0 radical (unpaired) electrons. The molecule has 2 aliphatic rings. The van der Waals surface area contributed by atoms with Crippen LogP contribution in [0.3, 0.4) is 0 Å². The van der Waals surface area contributed by atoms with Gasteiger partial charge in [-0.25, -0.2) is 0 Å². The lowest BCUT2D eigenvalue weighted by atomic mass is 9.69. The summed E-state index contributed by atoms with van der Waals surface area (Å²) in [4.78, 5) is 15.4. The summed E-state index contributed by atoms with van der Waals surface area (Å²) in [6.07, 6.45) is 4.29. The summed E-state index contributed by atoms with van der Waals surface area (Å²) in [5, 5.41) is 28.5. The number of nitro benzene ring substituents is 1. The fourth-order valence-corrected chi connectivity index (χ4v) is 5.51. The Balaban J connectivity index is 1.40. The number of aromatic nitrogens is 2. The van der Waals surface area contributed by atoms with E-state index < -0.39 is 4.92 Å². The number of aliphatic hydroxyl groups is 1. The molecule has 0 spiro atoms. The van der Waals surface area contributed by atoms with Crippen molar-refractivity contribution in [2.75, 3.05) is 45.9 Å². The van der Waals surface area contributed by atoms with Crippen LogP contribution in [-0.4, -0.2) is 75.9 Å². The second-order valence-corrected chi connectivity index (χ2v) is 10.3. The van der Waals surface area contributed by atoms with E-state index in [1.165, 1.54) is 17.7 Å². The van der Waals surface area contributed by atoms with Crippen LogP contribution in [0.25, 0.3) is 11.5 Å². The number of hydrogen-bond donors (Lipinski definition) is 1. The Morgan fingerprint density at radius 1 is 1.14 bits per heavy atom. The van der Waals surface area contributed by atoms with Gasteiger partial charge in [0, 0.05) is 63.4 Å². The molecular weight excluding hydrogens is 446 g/mol. The largest absolute Gasteiger partial charge is 0.421 e. The van der Waals surface area contributed by atoms with Crippen molar-refractivity contribution in [1.82, 2.24) is 20.0 Å². The second kappa shape index (κ2) is 11.4. The molecule has 0 bridgehead atoms. The van der Waals surface area contributed by atoms with Gasteiger partial charge >= 0.3 is 0 Å². The van der Waals surface area contributed by atoms with E-state index in [1.807, 2.05) is 0 Å². The van der Waals surface area contributed by atoms with E-state index in [4.69, 9.17) is 4.42 Å². The van der Waals surface area contributed by atoms with E-state index >= 15 is 0 Å². The summed E-state index contributed by atoms with van der Waals surface area (Å²) in [5.74, 6) is 3.08. The predicted molar refractivity (Wildman–Crippen MR) is 134 cm³/mol. The van der Waals surface area contributed by atoms with Crippen LogP contribution in [0.2, 0.25) is 0 Å². The molecule has 0 saturated carbocycles. The van der Waals surface area contributed by atoms with Crippen LogP contribution in [0.15, 0.2) is 40.3 Å². The highest BCUT2D eigenvalue weighted by Crippen LogP contribution is 2.39. The number of nitrogens with zero attached hydrogens (tertiary/aromatic N) is 5. The third-order valence-corrected chi connectivity index (χ3v) is 7.65. The number of hydrogen-bond acceptors (Lipinski definition) is 8. The van der Waals surface area contributed by atoms with Gasteiger partial charge in [0.1, 0.15) is 0 Å². The smallest absolute Gasteiger partial charge is 0.269 e. The molecule has 4 rings (SSSR count). The summed E-state index contributed by atoms with van der Waals surface area (Å²) < 4.78 is 5.95. The van der Waals surface area contributed by atoms with Crippen molar-refractivity contribution in [2.24, 2.45) is 23.7 Å². The monoisotopic (exact) mass is 483 g/mol. The zero-order valence-corrected chi connectivity index (χ0v) is 21.0. The van der Waals surface area contributed by atoms with Gasteiger partial charge in [-0.15, -0.1) is 10.2 Å². The Bertz CT molecular complexity index is 1010. The normalized spacial score (nSPS) is 24.0. The molecule has 1 aromatic heterocycles. The molecule has 190 valence electrons. The van der Waals surface area contributed by atoms with Crippen molar-refractivity contribution in [3.8, 4) is 11.5 Å². The number of aliphatic hydroxyl groups excluding tert-OH is 1. The highest BCUT2D eigenvalue weighted by molar-refractivity contribution is 5.55. The van der Waals surface area contributed by atoms with Crippen molar-refractivity contribution in [2.45, 2.75) is 33.6 Å².